The highest BCUT2D eigenvalue weighted by Gasteiger charge is 2.11. The molecule has 1 saturated heterocycles. The maximum atomic E-state index is 5.27. The first kappa shape index (κ1) is 8.96. The van der Waals surface area contributed by atoms with Crippen molar-refractivity contribution in [1.82, 2.24) is 0 Å². The summed E-state index contributed by atoms with van der Waals surface area (Å²) < 4.78 is 0. The van der Waals surface area contributed by atoms with E-state index in [-0.39, 0.29) is 0 Å². The summed E-state index contributed by atoms with van der Waals surface area (Å²) in [5.41, 5.74) is 5.27. The van der Waals surface area contributed by atoms with Crippen molar-refractivity contribution in [2.45, 2.75) is 19.3 Å². The first-order chi connectivity index (χ1) is 5.43. The molecule has 0 radical (unpaired) electrons. The summed E-state index contributed by atoms with van der Waals surface area (Å²) in [5, 5.41) is 0. The van der Waals surface area contributed by atoms with Gasteiger partial charge in [-0.05, 0) is 30.3 Å². The van der Waals surface area contributed by atoms with Crippen LogP contribution >= 0.6 is 11.8 Å². The molecule has 0 spiro atoms. The standard InChI is InChI=1S/C9H15NS/c10-6-2-1-3-9-4-7-11-8-5-9/h9H,3-8,10H2. The quantitative estimate of drug-likeness (QED) is 0.602. The molecule has 2 N–H and O–H groups in total. The Morgan fingerprint density at radius 2 is 2.00 bits per heavy atom. The molecule has 0 aromatic carbocycles. The Labute approximate surface area is 73.1 Å². The summed E-state index contributed by atoms with van der Waals surface area (Å²) in [6, 6.07) is 0. The van der Waals surface area contributed by atoms with Crippen LogP contribution in [0.3, 0.4) is 0 Å². The molecule has 0 amide bonds. The number of hydrogen-bond acceptors (Lipinski definition) is 2. The summed E-state index contributed by atoms with van der Waals surface area (Å²) in [4.78, 5) is 0. The maximum Gasteiger partial charge on any atom is 0.0551 e. The average molecular weight is 169 g/mol. The summed E-state index contributed by atoms with van der Waals surface area (Å²) in [6.45, 7) is 0.515. The molecule has 0 saturated carbocycles. The highest BCUT2D eigenvalue weighted by molar-refractivity contribution is 7.99. The molecular weight excluding hydrogens is 154 g/mol. The molecule has 0 atom stereocenters. The summed E-state index contributed by atoms with van der Waals surface area (Å²) in [7, 11) is 0. The molecular formula is C9H15NS. The molecule has 1 nitrogen and oxygen atoms in total. The topological polar surface area (TPSA) is 26.0 Å². The van der Waals surface area contributed by atoms with Crippen molar-refractivity contribution in [3.8, 4) is 11.8 Å². The number of nitrogens with two attached hydrogens (primary N) is 1. The van der Waals surface area contributed by atoms with Crippen molar-refractivity contribution >= 4 is 11.8 Å². The molecule has 11 heavy (non-hydrogen) atoms. The maximum absolute atomic E-state index is 5.27. The molecule has 1 fully saturated rings. The summed E-state index contributed by atoms with van der Waals surface area (Å²) >= 11 is 2.06. The minimum Gasteiger partial charge on any atom is -0.320 e. The lowest BCUT2D eigenvalue weighted by molar-refractivity contribution is 0.504. The van der Waals surface area contributed by atoms with Crippen molar-refractivity contribution in [3.05, 3.63) is 0 Å². The van der Waals surface area contributed by atoms with Gasteiger partial charge in [-0.15, -0.1) is 5.92 Å². The molecule has 1 aliphatic rings. The Morgan fingerprint density at radius 1 is 1.27 bits per heavy atom. The molecule has 0 aromatic rings. The van der Waals surface area contributed by atoms with Gasteiger partial charge >= 0.3 is 0 Å². The van der Waals surface area contributed by atoms with Crippen molar-refractivity contribution < 1.29 is 0 Å². The molecule has 1 aliphatic heterocycles. The van der Waals surface area contributed by atoms with Crippen LogP contribution in [-0.4, -0.2) is 18.1 Å². The number of hydrogen-bond donors (Lipinski definition) is 1. The molecule has 2 heteroatoms. The van der Waals surface area contributed by atoms with Crippen molar-refractivity contribution in [1.29, 1.82) is 0 Å². The highest BCUT2D eigenvalue weighted by Crippen LogP contribution is 2.24. The second-order valence-electron chi connectivity index (χ2n) is 2.82. The fourth-order valence-corrected chi connectivity index (χ4v) is 2.44. The Morgan fingerprint density at radius 3 is 2.64 bits per heavy atom. The van der Waals surface area contributed by atoms with Crippen molar-refractivity contribution in [2.75, 3.05) is 18.1 Å². The lowest BCUT2D eigenvalue weighted by Gasteiger charge is -2.18. The van der Waals surface area contributed by atoms with Crippen LogP contribution in [-0.2, 0) is 0 Å². The Kier molecular flexibility index (Phi) is 4.49. The minimum atomic E-state index is 0.515. The van der Waals surface area contributed by atoms with Gasteiger partial charge in [-0.25, -0.2) is 0 Å². The molecule has 0 unspecified atom stereocenters. The molecule has 0 aliphatic carbocycles. The fourth-order valence-electron chi connectivity index (χ4n) is 1.24. The van der Waals surface area contributed by atoms with E-state index in [0.717, 1.165) is 12.3 Å². The zero-order valence-corrected chi connectivity index (χ0v) is 7.62. The zero-order valence-electron chi connectivity index (χ0n) is 6.81. The summed E-state index contributed by atoms with van der Waals surface area (Å²) in [6.07, 6.45) is 3.77. The van der Waals surface area contributed by atoms with E-state index in [4.69, 9.17) is 5.73 Å². The van der Waals surface area contributed by atoms with E-state index >= 15 is 0 Å². The second-order valence-corrected chi connectivity index (χ2v) is 4.04. The van der Waals surface area contributed by atoms with Crippen LogP contribution in [0.1, 0.15) is 19.3 Å². The van der Waals surface area contributed by atoms with Crippen molar-refractivity contribution in [2.24, 2.45) is 11.7 Å². The Balaban J connectivity index is 2.14. The lowest BCUT2D eigenvalue weighted by Crippen LogP contribution is -2.08. The van der Waals surface area contributed by atoms with Gasteiger partial charge in [-0.2, -0.15) is 11.8 Å². The number of thioether (sulfide) groups is 1. The van der Waals surface area contributed by atoms with Gasteiger partial charge in [0.1, 0.15) is 0 Å². The average Bonchev–Trinajstić information content (AvgIpc) is 2.07. The van der Waals surface area contributed by atoms with E-state index in [1.807, 2.05) is 0 Å². The predicted octanol–water partition coefficient (Wildman–Crippen LogP) is 1.48. The highest BCUT2D eigenvalue weighted by atomic mass is 32.2. The third-order valence-electron chi connectivity index (χ3n) is 1.96. The third-order valence-corrected chi connectivity index (χ3v) is 3.01. The van der Waals surface area contributed by atoms with E-state index in [1.54, 1.807) is 0 Å². The van der Waals surface area contributed by atoms with Crippen LogP contribution < -0.4 is 5.73 Å². The Hall–Kier alpha value is -0.130. The third kappa shape index (κ3) is 3.69. The molecule has 1 heterocycles. The normalized spacial score (nSPS) is 19.0. The van der Waals surface area contributed by atoms with Crippen LogP contribution in [0.5, 0.6) is 0 Å². The lowest BCUT2D eigenvalue weighted by atomic mass is 9.99. The van der Waals surface area contributed by atoms with Gasteiger partial charge in [0, 0.05) is 6.42 Å². The SMILES string of the molecule is NCC#CCC1CCSCC1. The smallest absolute Gasteiger partial charge is 0.0551 e. The molecule has 1 rings (SSSR count). The van der Waals surface area contributed by atoms with Crippen LogP contribution in [0.25, 0.3) is 0 Å². The largest absolute Gasteiger partial charge is 0.320 e. The second kappa shape index (κ2) is 5.51. The van der Waals surface area contributed by atoms with Gasteiger partial charge in [-0.1, -0.05) is 5.92 Å². The number of rotatable bonds is 1. The zero-order chi connectivity index (χ0) is 7.94. The van der Waals surface area contributed by atoms with Crippen LogP contribution in [0.4, 0.5) is 0 Å². The molecule has 0 aromatic heterocycles. The van der Waals surface area contributed by atoms with Gasteiger partial charge in [0.05, 0.1) is 6.54 Å². The van der Waals surface area contributed by atoms with Crippen LogP contribution in [0, 0.1) is 17.8 Å². The van der Waals surface area contributed by atoms with Gasteiger partial charge in [0.2, 0.25) is 0 Å². The van der Waals surface area contributed by atoms with E-state index in [1.165, 1.54) is 24.3 Å². The first-order valence-electron chi connectivity index (χ1n) is 4.17. The fraction of sp³-hybridized carbons (Fsp3) is 0.778. The molecule has 0 bridgehead atoms. The van der Waals surface area contributed by atoms with E-state index in [2.05, 4.69) is 23.6 Å². The van der Waals surface area contributed by atoms with Crippen molar-refractivity contribution in [3.63, 3.8) is 0 Å². The van der Waals surface area contributed by atoms with Gasteiger partial charge < -0.3 is 5.73 Å². The van der Waals surface area contributed by atoms with E-state index in [9.17, 15) is 0 Å². The van der Waals surface area contributed by atoms with Crippen LogP contribution in [0.2, 0.25) is 0 Å². The van der Waals surface area contributed by atoms with Crippen LogP contribution in [0.15, 0.2) is 0 Å². The minimum absolute atomic E-state index is 0.515. The van der Waals surface area contributed by atoms with Gasteiger partial charge in [0.15, 0.2) is 0 Å². The molecule has 62 valence electrons. The van der Waals surface area contributed by atoms with E-state index in [0.29, 0.717) is 6.54 Å². The van der Waals surface area contributed by atoms with Gasteiger partial charge in [0.25, 0.3) is 0 Å². The Bertz CT molecular complexity index is 151. The first-order valence-corrected chi connectivity index (χ1v) is 5.32. The monoisotopic (exact) mass is 169 g/mol. The van der Waals surface area contributed by atoms with E-state index < -0.39 is 0 Å². The predicted molar refractivity (Wildman–Crippen MR) is 51.5 cm³/mol. The summed E-state index contributed by atoms with van der Waals surface area (Å²) in [5.74, 6) is 9.55. The van der Waals surface area contributed by atoms with Gasteiger partial charge in [-0.3, -0.25) is 0 Å².